The maximum Gasteiger partial charge on any atom is 0.223 e. The molecule has 1 aliphatic rings. The van der Waals surface area contributed by atoms with Crippen molar-refractivity contribution in [3.8, 4) is 0 Å². The van der Waals surface area contributed by atoms with E-state index in [1.54, 1.807) is 0 Å². The molecule has 2 aromatic heterocycles. The van der Waals surface area contributed by atoms with Crippen molar-refractivity contribution in [1.82, 2.24) is 24.4 Å². The van der Waals surface area contributed by atoms with Crippen LogP contribution in [0.15, 0.2) is 4.52 Å². The first-order valence-corrected chi connectivity index (χ1v) is 9.57. The van der Waals surface area contributed by atoms with E-state index in [0.717, 1.165) is 55.8 Å². The number of nitrogens with zero attached hydrogens (tertiary/aromatic N) is 6. The highest BCUT2D eigenvalue weighted by Gasteiger charge is 2.24. The smallest absolute Gasteiger partial charge is 0.223 e. The molecule has 0 saturated carbocycles. The van der Waals surface area contributed by atoms with Gasteiger partial charge in [-0.25, -0.2) is 4.98 Å². The molecule has 0 spiro atoms. The van der Waals surface area contributed by atoms with Gasteiger partial charge >= 0.3 is 0 Å². The molecule has 1 atom stereocenters. The average molecular weight is 350 g/mol. The number of hydrogen-bond donors (Lipinski definition) is 0. The molecule has 3 rings (SSSR count). The number of rotatable bonds is 6. The fourth-order valence-corrected chi connectivity index (χ4v) is 4.04. The van der Waals surface area contributed by atoms with Crippen LogP contribution in [-0.4, -0.2) is 50.1 Å². The van der Waals surface area contributed by atoms with Crippen molar-refractivity contribution in [3.05, 3.63) is 17.5 Å². The third-order valence-electron chi connectivity index (χ3n) is 4.58. The van der Waals surface area contributed by atoms with Gasteiger partial charge in [0.1, 0.15) is 5.82 Å². The van der Waals surface area contributed by atoms with E-state index in [1.807, 2.05) is 6.92 Å². The Balaban J connectivity index is 1.60. The zero-order valence-electron chi connectivity index (χ0n) is 14.7. The predicted octanol–water partition coefficient (Wildman–Crippen LogP) is 2.67. The molecule has 1 fully saturated rings. The molecule has 1 saturated heterocycles. The van der Waals surface area contributed by atoms with Gasteiger partial charge in [-0.2, -0.15) is 9.36 Å². The summed E-state index contributed by atoms with van der Waals surface area (Å²) in [5, 5.41) is 5.12. The summed E-state index contributed by atoms with van der Waals surface area (Å²) in [6, 6.07) is 0.553. The lowest BCUT2D eigenvalue weighted by molar-refractivity contribution is 0.176. The standard InChI is InChI=1S/C16H26N6OS/c1-4-14-18-16(24-20-14)22-9-6-7-13(8-10-22)21(5-2)11-15-17-12(3)23-19-15/h13H,4-11H2,1-3H3. The van der Waals surface area contributed by atoms with Gasteiger partial charge in [0.2, 0.25) is 11.0 Å². The molecule has 0 N–H and O–H groups in total. The van der Waals surface area contributed by atoms with Gasteiger partial charge in [0.15, 0.2) is 5.82 Å². The van der Waals surface area contributed by atoms with E-state index in [9.17, 15) is 0 Å². The maximum atomic E-state index is 5.10. The molecule has 24 heavy (non-hydrogen) atoms. The van der Waals surface area contributed by atoms with Crippen molar-refractivity contribution in [1.29, 1.82) is 0 Å². The Bertz CT molecular complexity index is 642. The second-order valence-electron chi connectivity index (χ2n) is 6.21. The molecular formula is C16H26N6OS. The number of hydrogen-bond acceptors (Lipinski definition) is 8. The van der Waals surface area contributed by atoms with E-state index in [-0.39, 0.29) is 0 Å². The van der Waals surface area contributed by atoms with Crippen LogP contribution in [0.4, 0.5) is 5.13 Å². The van der Waals surface area contributed by atoms with Crippen LogP contribution in [0.25, 0.3) is 0 Å². The number of anilines is 1. The minimum atomic E-state index is 0.553. The quantitative estimate of drug-likeness (QED) is 0.793. The van der Waals surface area contributed by atoms with Crippen LogP contribution in [0, 0.1) is 6.92 Å². The summed E-state index contributed by atoms with van der Waals surface area (Å²) in [6.07, 6.45) is 4.40. The summed E-state index contributed by atoms with van der Waals surface area (Å²) >= 11 is 1.53. The molecule has 1 aliphatic heterocycles. The van der Waals surface area contributed by atoms with Crippen LogP contribution in [-0.2, 0) is 13.0 Å². The lowest BCUT2D eigenvalue weighted by Gasteiger charge is -2.28. The van der Waals surface area contributed by atoms with Gasteiger partial charge in [0, 0.05) is 44.0 Å². The molecule has 1 unspecified atom stereocenters. The lowest BCUT2D eigenvalue weighted by Crippen LogP contribution is -2.36. The van der Waals surface area contributed by atoms with Gasteiger partial charge in [-0.15, -0.1) is 0 Å². The Labute approximate surface area is 147 Å². The third-order valence-corrected chi connectivity index (χ3v) is 5.39. The topological polar surface area (TPSA) is 71.2 Å². The molecule has 0 aliphatic carbocycles. The Morgan fingerprint density at radius 1 is 1.21 bits per heavy atom. The minimum Gasteiger partial charge on any atom is -0.347 e. The molecule has 0 aromatic carbocycles. The number of aryl methyl sites for hydroxylation is 2. The summed E-state index contributed by atoms with van der Waals surface area (Å²) < 4.78 is 9.52. The van der Waals surface area contributed by atoms with Crippen molar-refractivity contribution in [2.75, 3.05) is 24.5 Å². The molecule has 0 amide bonds. The van der Waals surface area contributed by atoms with Crippen LogP contribution in [0.5, 0.6) is 0 Å². The molecular weight excluding hydrogens is 324 g/mol. The highest BCUT2D eigenvalue weighted by atomic mass is 32.1. The second kappa shape index (κ2) is 8.02. The lowest BCUT2D eigenvalue weighted by atomic mass is 10.1. The Morgan fingerprint density at radius 2 is 2.08 bits per heavy atom. The molecule has 2 aromatic rings. The van der Waals surface area contributed by atoms with Crippen molar-refractivity contribution >= 4 is 16.7 Å². The van der Waals surface area contributed by atoms with Gasteiger partial charge in [-0.05, 0) is 25.8 Å². The minimum absolute atomic E-state index is 0.553. The zero-order valence-corrected chi connectivity index (χ0v) is 15.6. The van der Waals surface area contributed by atoms with Crippen LogP contribution >= 0.6 is 11.5 Å². The Kier molecular flexibility index (Phi) is 5.78. The molecule has 8 heteroatoms. The van der Waals surface area contributed by atoms with E-state index < -0.39 is 0 Å². The second-order valence-corrected chi connectivity index (χ2v) is 6.94. The van der Waals surface area contributed by atoms with Gasteiger partial charge < -0.3 is 9.42 Å². The van der Waals surface area contributed by atoms with E-state index in [1.165, 1.54) is 24.4 Å². The first-order valence-electron chi connectivity index (χ1n) is 8.80. The molecule has 0 bridgehead atoms. The highest BCUT2D eigenvalue weighted by molar-refractivity contribution is 7.09. The van der Waals surface area contributed by atoms with Crippen LogP contribution in [0.1, 0.15) is 50.6 Å². The van der Waals surface area contributed by atoms with E-state index >= 15 is 0 Å². The summed E-state index contributed by atoms with van der Waals surface area (Å²) in [5.74, 6) is 2.38. The van der Waals surface area contributed by atoms with Crippen molar-refractivity contribution in [2.24, 2.45) is 0 Å². The monoisotopic (exact) mass is 350 g/mol. The van der Waals surface area contributed by atoms with Crippen molar-refractivity contribution in [2.45, 2.75) is 59.0 Å². The number of aromatic nitrogens is 4. The normalized spacial score (nSPS) is 19.0. The predicted molar refractivity (Wildman–Crippen MR) is 94.3 cm³/mol. The molecule has 0 radical (unpaired) electrons. The fourth-order valence-electron chi connectivity index (χ4n) is 3.24. The van der Waals surface area contributed by atoms with Crippen molar-refractivity contribution in [3.63, 3.8) is 0 Å². The van der Waals surface area contributed by atoms with Crippen LogP contribution in [0.3, 0.4) is 0 Å². The Hall–Kier alpha value is -1.54. The fraction of sp³-hybridized carbons (Fsp3) is 0.750. The molecule has 7 nitrogen and oxygen atoms in total. The SMILES string of the molecule is CCc1nsc(N2CCCC(N(CC)Cc3noc(C)n3)CC2)n1. The van der Waals surface area contributed by atoms with Gasteiger partial charge in [-0.3, -0.25) is 4.90 Å². The maximum absolute atomic E-state index is 5.10. The molecule has 132 valence electrons. The Morgan fingerprint density at radius 3 is 2.75 bits per heavy atom. The van der Waals surface area contributed by atoms with E-state index in [0.29, 0.717) is 11.9 Å². The van der Waals surface area contributed by atoms with Gasteiger partial charge in [0.05, 0.1) is 6.54 Å². The zero-order chi connectivity index (χ0) is 16.9. The summed E-state index contributed by atoms with van der Waals surface area (Å²) in [5.41, 5.74) is 0. The first-order chi connectivity index (χ1) is 11.7. The third kappa shape index (κ3) is 4.10. The van der Waals surface area contributed by atoms with E-state index in [4.69, 9.17) is 4.52 Å². The van der Waals surface area contributed by atoms with Crippen LogP contribution < -0.4 is 4.90 Å². The summed E-state index contributed by atoms with van der Waals surface area (Å²) in [4.78, 5) is 13.8. The first kappa shape index (κ1) is 17.3. The highest BCUT2D eigenvalue weighted by Crippen LogP contribution is 2.24. The largest absolute Gasteiger partial charge is 0.347 e. The van der Waals surface area contributed by atoms with Gasteiger partial charge in [-0.1, -0.05) is 19.0 Å². The van der Waals surface area contributed by atoms with Gasteiger partial charge in [0.25, 0.3) is 0 Å². The average Bonchev–Trinajstić information content (AvgIpc) is 3.16. The molecule has 3 heterocycles. The summed E-state index contributed by atoms with van der Waals surface area (Å²) in [7, 11) is 0. The van der Waals surface area contributed by atoms with E-state index in [2.05, 4.69) is 43.1 Å². The van der Waals surface area contributed by atoms with Crippen molar-refractivity contribution < 1.29 is 4.52 Å². The van der Waals surface area contributed by atoms with Crippen LogP contribution in [0.2, 0.25) is 0 Å². The summed E-state index contributed by atoms with van der Waals surface area (Å²) in [6.45, 7) is 9.99.